The Morgan fingerprint density at radius 1 is 1.56 bits per heavy atom. The molecule has 0 saturated heterocycles. The number of rotatable bonds is 7. The molecule has 5 nitrogen and oxygen atoms in total. The minimum absolute atomic E-state index is 0.324. The first-order valence-corrected chi connectivity index (χ1v) is 7.13. The minimum atomic E-state index is -0.526. The van der Waals surface area contributed by atoms with Crippen molar-refractivity contribution in [3.63, 3.8) is 0 Å². The molecule has 0 aromatic carbocycles. The molecule has 102 valence electrons. The van der Waals surface area contributed by atoms with Gasteiger partial charge in [0.25, 0.3) is 0 Å². The van der Waals surface area contributed by atoms with E-state index in [9.17, 15) is 4.79 Å². The lowest BCUT2D eigenvalue weighted by atomic mass is 10.2. The van der Waals surface area contributed by atoms with Crippen LogP contribution in [0.25, 0.3) is 0 Å². The summed E-state index contributed by atoms with van der Waals surface area (Å²) in [5.41, 5.74) is 7.76. The fraction of sp³-hybridized carbons (Fsp3) is 0.667. The van der Waals surface area contributed by atoms with Crippen LogP contribution in [0.1, 0.15) is 30.4 Å². The van der Waals surface area contributed by atoms with E-state index in [-0.39, 0.29) is 5.97 Å². The van der Waals surface area contributed by atoms with Crippen LogP contribution in [0.3, 0.4) is 0 Å². The Labute approximate surface area is 111 Å². The standard InChI is InChI=1S/C12H20N2O3S/c1-4-16-12(15)11(13)5-6-18-7-10-8(2)14-17-9(10)3/h11H,4-7,13H2,1-3H3. The Morgan fingerprint density at radius 2 is 2.28 bits per heavy atom. The lowest BCUT2D eigenvalue weighted by Gasteiger charge is -2.09. The summed E-state index contributed by atoms with van der Waals surface area (Å²) in [6, 6.07) is -0.526. The van der Waals surface area contributed by atoms with Crippen LogP contribution in [0.15, 0.2) is 4.52 Å². The predicted octanol–water partition coefficient (Wildman–Crippen LogP) is 1.81. The number of aromatic nitrogens is 1. The van der Waals surface area contributed by atoms with E-state index in [2.05, 4.69) is 5.16 Å². The van der Waals surface area contributed by atoms with Gasteiger partial charge in [-0.05, 0) is 32.9 Å². The van der Waals surface area contributed by atoms with Gasteiger partial charge in [0.15, 0.2) is 0 Å². The second-order valence-electron chi connectivity index (χ2n) is 4.00. The summed E-state index contributed by atoms with van der Waals surface area (Å²) in [5.74, 6) is 2.17. The van der Waals surface area contributed by atoms with Crippen LogP contribution in [-0.2, 0) is 15.3 Å². The molecule has 1 atom stereocenters. The highest BCUT2D eigenvalue weighted by Gasteiger charge is 2.14. The van der Waals surface area contributed by atoms with Crippen molar-refractivity contribution in [2.45, 2.75) is 39.0 Å². The highest BCUT2D eigenvalue weighted by atomic mass is 32.2. The second-order valence-corrected chi connectivity index (χ2v) is 5.11. The fourth-order valence-electron chi connectivity index (χ4n) is 1.46. The molecular weight excluding hydrogens is 252 g/mol. The average molecular weight is 272 g/mol. The Kier molecular flexibility index (Phi) is 6.21. The van der Waals surface area contributed by atoms with Crippen molar-refractivity contribution < 1.29 is 14.1 Å². The maximum atomic E-state index is 11.3. The zero-order valence-electron chi connectivity index (χ0n) is 11.1. The van der Waals surface area contributed by atoms with Crippen LogP contribution >= 0.6 is 11.8 Å². The monoisotopic (exact) mass is 272 g/mol. The summed E-state index contributed by atoms with van der Waals surface area (Å²) in [6.07, 6.45) is 0.618. The van der Waals surface area contributed by atoms with Crippen LogP contribution in [0.2, 0.25) is 0 Å². The lowest BCUT2D eigenvalue weighted by Crippen LogP contribution is -2.32. The van der Waals surface area contributed by atoms with E-state index in [0.717, 1.165) is 28.5 Å². The second kappa shape index (κ2) is 7.43. The molecule has 6 heteroatoms. The normalized spacial score (nSPS) is 12.4. The van der Waals surface area contributed by atoms with Crippen molar-refractivity contribution in [1.82, 2.24) is 5.16 Å². The number of nitrogens with zero attached hydrogens (tertiary/aromatic N) is 1. The minimum Gasteiger partial charge on any atom is -0.465 e. The molecule has 1 unspecified atom stereocenters. The number of nitrogens with two attached hydrogens (primary N) is 1. The van der Waals surface area contributed by atoms with E-state index in [1.807, 2.05) is 13.8 Å². The van der Waals surface area contributed by atoms with Crippen molar-refractivity contribution in [3.8, 4) is 0 Å². The summed E-state index contributed by atoms with van der Waals surface area (Å²) < 4.78 is 9.93. The van der Waals surface area contributed by atoms with Gasteiger partial charge in [-0.2, -0.15) is 11.8 Å². The predicted molar refractivity (Wildman–Crippen MR) is 71.4 cm³/mol. The molecule has 0 saturated carbocycles. The molecule has 1 heterocycles. The lowest BCUT2D eigenvalue weighted by molar-refractivity contribution is -0.144. The first kappa shape index (κ1) is 15.0. The molecule has 0 spiro atoms. The molecule has 0 radical (unpaired) electrons. The van der Waals surface area contributed by atoms with E-state index in [1.165, 1.54) is 0 Å². The van der Waals surface area contributed by atoms with Gasteiger partial charge in [-0.25, -0.2) is 0 Å². The molecule has 0 aliphatic heterocycles. The molecule has 2 N–H and O–H groups in total. The van der Waals surface area contributed by atoms with Gasteiger partial charge in [-0.15, -0.1) is 0 Å². The Bertz CT molecular complexity index is 373. The molecule has 18 heavy (non-hydrogen) atoms. The van der Waals surface area contributed by atoms with Gasteiger partial charge in [-0.3, -0.25) is 4.79 Å². The summed E-state index contributed by atoms with van der Waals surface area (Å²) >= 11 is 1.72. The molecule has 0 bridgehead atoms. The smallest absolute Gasteiger partial charge is 0.322 e. The quantitative estimate of drug-likeness (QED) is 0.602. The number of carbonyl (C=O) groups is 1. The van der Waals surface area contributed by atoms with Gasteiger partial charge in [-0.1, -0.05) is 5.16 Å². The molecule has 0 aliphatic carbocycles. The number of aryl methyl sites for hydroxylation is 2. The molecular formula is C12H20N2O3S. The first-order valence-electron chi connectivity index (χ1n) is 5.98. The van der Waals surface area contributed by atoms with E-state index in [1.54, 1.807) is 18.7 Å². The highest BCUT2D eigenvalue weighted by molar-refractivity contribution is 7.98. The Morgan fingerprint density at radius 3 is 2.83 bits per heavy atom. The number of hydrogen-bond donors (Lipinski definition) is 1. The van der Waals surface area contributed by atoms with E-state index in [0.29, 0.717) is 13.0 Å². The summed E-state index contributed by atoms with van der Waals surface area (Å²) in [5, 5.41) is 3.90. The molecule has 0 amide bonds. The van der Waals surface area contributed by atoms with Crippen LogP contribution in [0.5, 0.6) is 0 Å². The van der Waals surface area contributed by atoms with Gasteiger partial charge < -0.3 is 15.0 Å². The molecule has 1 aromatic rings. The third kappa shape index (κ3) is 4.34. The number of thioether (sulfide) groups is 1. The third-order valence-corrected chi connectivity index (χ3v) is 3.61. The number of ether oxygens (including phenoxy) is 1. The van der Waals surface area contributed by atoms with Gasteiger partial charge >= 0.3 is 5.97 Å². The summed E-state index contributed by atoms with van der Waals surface area (Å²) in [4.78, 5) is 11.3. The van der Waals surface area contributed by atoms with Gasteiger partial charge in [0.2, 0.25) is 0 Å². The van der Waals surface area contributed by atoms with Crippen molar-refractivity contribution in [2.75, 3.05) is 12.4 Å². The first-order chi connectivity index (χ1) is 8.56. The SMILES string of the molecule is CCOC(=O)C(N)CCSCc1c(C)noc1C. The Hall–Kier alpha value is -1.01. The van der Waals surface area contributed by atoms with Crippen LogP contribution in [0.4, 0.5) is 0 Å². The van der Waals surface area contributed by atoms with Crippen LogP contribution in [-0.4, -0.2) is 29.5 Å². The van der Waals surface area contributed by atoms with Crippen LogP contribution in [0, 0.1) is 13.8 Å². The largest absolute Gasteiger partial charge is 0.465 e. The molecule has 1 rings (SSSR count). The third-order valence-electron chi connectivity index (χ3n) is 2.59. The summed E-state index contributed by atoms with van der Waals surface area (Å²) in [6.45, 7) is 5.98. The number of carbonyl (C=O) groups excluding carboxylic acids is 1. The van der Waals surface area contributed by atoms with Gasteiger partial charge in [0, 0.05) is 11.3 Å². The topological polar surface area (TPSA) is 78.4 Å². The fourth-order valence-corrected chi connectivity index (χ4v) is 2.64. The van der Waals surface area contributed by atoms with Crippen molar-refractivity contribution in [2.24, 2.45) is 5.73 Å². The van der Waals surface area contributed by atoms with Crippen molar-refractivity contribution in [3.05, 3.63) is 17.0 Å². The number of esters is 1. The molecule has 1 aromatic heterocycles. The Balaban J connectivity index is 2.25. The highest BCUT2D eigenvalue weighted by Crippen LogP contribution is 2.20. The van der Waals surface area contributed by atoms with E-state index >= 15 is 0 Å². The zero-order valence-corrected chi connectivity index (χ0v) is 11.9. The van der Waals surface area contributed by atoms with Gasteiger partial charge in [0.1, 0.15) is 11.8 Å². The van der Waals surface area contributed by atoms with E-state index < -0.39 is 6.04 Å². The zero-order chi connectivity index (χ0) is 13.5. The van der Waals surface area contributed by atoms with Crippen LogP contribution < -0.4 is 5.73 Å². The number of hydrogen-bond acceptors (Lipinski definition) is 6. The summed E-state index contributed by atoms with van der Waals surface area (Å²) in [7, 11) is 0. The van der Waals surface area contributed by atoms with Crippen molar-refractivity contribution >= 4 is 17.7 Å². The van der Waals surface area contributed by atoms with Gasteiger partial charge in [0.05, 0.1) is 12.3 Å². The molecule has 0 fully saturated rings. The van der Waals surface area contributed by atoms with E-state index in [4.69, 9.17) is 15.0 Å². The average Bonchev–Trinajstić information content (AvgIpc) is 2.65. The maximum absolute atomic E-state index is 11.3. The van der Waals surface area contributed by atoms with Crippen molar-refractivity contribution in [1.29, 1.82) is 0 Å². The molecule has 0 aliphatic rings. The maximum Gasteiger partial charge on any atom is 0.322 e.